The van der Waals surface area contributed by atoms with Gasteiger partial charge in [-0.3, -0.25) is 4.79 Å². The highest BCUT2D eigenvalue weighted by Gasteiger charge is 2.28. The Bertz CT molecular complexity index is 668. The molecule has 2 heteroatoms. The van der Waals surface area contributed by atoms with Crippen molar-refractivity contribution in [3.05, 3.63) is 70.8 Å². The monoisotopic (exact) mass is 279 g/mol. The molecule has 2 aromatic carbocycles. The number of benzene rings is 2. The SMILES string of the molecule is CC(C)(C)c1ccc2c(c1)C(=O)N(Cc1ccccc1)C2. The highest BCUT2D eigenvalue weighted by Crippen LogP contribution is 2.30. The third kappa shape index (κ3) is 2.71. The zero-order chi connectivity index (χ0) is 15.0. The Kier molecular flexibility index (Phi) is 3.32. The third-order valence-electron chi connectivity index (χ3n) is 4.07. The quantitative estimate of drug-likeness (QED) is 0.809. The normalized spacial score (nSPS) is 14.4. The van der Waals surface area contributed by atoms with Crippen LogP contribution in [0.15, 0.2) is 48.5 Å². The van der Waals surface area contributed by atoms with E-state index in [2.05, 4.69) is 51.1 Å². The van der Waals surface area contributed by atoms with Crippen LogP contribution in [0.5, 0.6) is 0 Å². The molecule has 1 heterocycles. The van der Waals surface area contributed by atoms with E-state index in [9.17, 15) is 4.79 Å². The molecule has 0 saturated heterocycles. The van der Waals surface area contributed by atoms with Gasteiger partial charge in [0, 0.05) is 18.7 Å². The van der Waals surface area contributed by atoms with Crippen molar-refractivity contribution in [2.24, 2.45) is 0 Å². The average molecular weight is 279 g/mol. The third-order valence-corrected chi connectivity index (χ3v) is 4.07. The zero-order valence-electron chi connectivity index (χ0n) is 12.9. The number of carbonyl (C=O) groups is 1. The minimum atomic E-state index is 0.0716. The van der Waals surface area contributed by atoms with Gasteiger partial charge in [-0.1, -0.05) is 63.2 Å². The summed E-state index contributed by atoms with van der Waals surface area (Å²) in [6.07, 6.45) is 0. The van der Waals surface area contributed by atoms with Crippen molar-refractivity contribution < 1.29 is 4.79 Å². The maximum Gasteiger partial charge on any atom is 0.254 e. The van der Waals surface area contributed by atoms with E-state index < -0.39 is 0 Å². The van der Waals surface area contributed by atoms with Crippen molar-refractivity contribution in [3.8, 4) is 0 Å². The molecule has 0 radical (unpaired) electrons. The highest BCUT2D eigenvalue weighted by atomic mass is 16.2. The molecule has 21 heavy (non-hydrogen) atoms. The van der Waals surface area contributed by atoms with Gasteiger partial charge in [-0.25, -0.2) is 0 Å². The van der Waals surface area contributed by atoms with Crippen LogP contribution < -0.4 is 0 Å². The molecule has 0 unspecified atom stereocenters. The fourth-order valence-electron chi connectivity index (χ4n) is 2.76. The van der Waals surface area contributed by atoms with Crippen LogP contribution >= 0.6 is 0 Å². The topological polar surface area (TPSA) is 20.3 Å². The lowest BCUT2D eigenvalue weighted by Gasteiger charge is -2.19. The summed E-state index contributed by atoms with van der Waals surface area (Å²) in [5, 5.41) is 0. The van der Waals surface area contributed by atoms with Gasteiger partial charge in [0.05, 0.1) is 0 Å². The van der Waals surface area contributed by atoms with Crippen LogP contribution in [0.25, 0.3) is 0 Å². The number of hydrogen-bond acceptors (Lipinski definition) is 1. The van der Waals surface area contributed by atoms with E-state index in [4.69, 9.17) is 0 Å². The molecule has 0 fully saturated rings. The number of nitrogens with zero attached hydrogens (tertiary/aromatic N) is 1. The van der Waals surface area contributed by atoms with Crippen molar-refractivity contribution >= 4 is 5.91 Å². The standard InChI is InChI=1S/C19H21NO/c1-19(2,3)16-10-9-15-13-20(18(21)17(15)11-16)12-14-7-5-4-6-8-14/h4-11H,12-13H2,1-3H3. The summed E-state index contributed by atoms with van der Waals surface area (Å²) < 4.78 is 0. The Morgan fingerprint density at radius 1 is 1.05 bits per heavy atom. The number of amides is 1. The Hall–Kier alpha value is -2.09. The van der Waals surface area contributed by atoms with Crippen LogP contribution in [0.1, 0.15) is 47.8 Å². The molecule has 0 saturated carbocycles. The molecule has 1 aliphatic rings. The molecule has 0 N–H and O–H groups in total. The average Bonchev–Trinajstić information content (AvgIpc) is 2.75. The molecule has 1 amide bonds. The molecular weight excluding hydrogens is 258 g/mol. The lowest BCUT2D eigenvalue weighted by atomic mass is 9.85. The van der Waals surface area contributed by atoms with Gasteiger partial charge in [0.1, 0.15) is 0 Å². The van der Waals surface area contributed by atoms with Gasteiger partial charge in [0.2, 0.25) is 0 Å². The van der Waals surface area contributed by atoms with Crippen molar-refractivity contribution in [2.75, 3.05) is 0 Å². The van der Waals surface area contributed by atoms with Crippen molar-refractivity contribution in [3.63, 3.8) is 0 Å². The molecule has 2 aromatic rings. The van der Waals surface area contributed by atoms with E-state index in [1.807, 2.05) is 23.1 Å². The zero-order valence-corrected chi connectivity index (χ0v) is 12.9. The van der Waals surface area contributed by atoms with Gasteiger partial charge < -0.3 is 4.90 Å². The number of rotatable bonds is 2. The maximum absolute atomic E-state index is 12.6. The summed E-state index contributed by atoms with van der Waals surface area (Å²) in [5.74, 6) is 0.153. The fraction of sp³-hybridized carbons (Fsp3) is 0.316. The van der Waals surface area contributed by atoms with E-state index in [0.29, 0.717) is 13.1 Å². The van der Waals surface area contributed by atoms with Crippen molar-refractivity contribution in [2.45, 2.75) is 39.3 Å². The van der Waals surface area contributed by atoms with Gasteiger partial charge in [-0.05, 0) is 28.2 Å². The minimum absolute atomic E-state index is 0.0716. The first-order valence-electron chi connectivity index (χ1n) is 7.42. The Balaban J connectivity index is 1.86. The molecule has 0 aromatic heterocycles. The number of carbonyl (C=O) groups excluding carboxylic acids is 1. The van der Waals surface area contributed by atoms with E-state index in [1.165, 1.54) is 11.1 Å². The molecule has 1 aliphatic heterocycles. The largest absolute Gasteiger partial charge is 0.330 e. The van der Waals surface area contributed by atoms with Crippen LogP contribution in [0.3, 0.4) is 0 Å². The molecule has 0 spiro atoms. The van der Waals surface area contributed by atoms with Crippen LogP contribution in [0.4, 0.5) is 0 Å². The predicted molar refractivity (Wildman–Crippen MR) is 85.2 cm³/mol. The van der Waals surface area contributed by atoms with Crippen molar-refractivity contribution in [1.82, 2.24) is 4.90 Å². The minimum Gasteiger partial charge on any atom is -0.330 e. The maximum atomic E-state index is 12.6. The Morgan fingerprint density at radius 3 is 2.43 bits per heavy atom. The second-order valence-electron chi connectivity index (χ2n) is 6.77. The Labute approximate surface area is 126 Å². The number of hydrogen-bond donors (Lipinski definition) is 0. The summed E-state index contributed by atoms with van der Waals surface area (Å²) in [6, 6.07) is 16.5. The highest BCUT2D eigenvalue weighted by molar-refractivity contribution is 5.98. The van der Waals surface area contributed by atoms with E-state index in [0.717, 1.165) is 11.1 Å². The summed E-state index contributed by atoms with van der Waals surface area (Å²) >= 11 is 0. The van der Waals surface area contributed by atoms with Gasteiger partial charge in [-0.2, -0.15) is 0 Å². The van der Waals surface area contributed by atoms with E-state index in [1.54, 1.807) is 0 Å². The second kappa shape index (κ2) is 5.03. The first kappa shape index (κ1) is 13.9. The lowest BCUT2D eigenvalue weighted by molar-refractivity contribution is 0.0766. The first-order valence-corrected chi connectivity index (χ1v) is 7.42. The molecule has 2 nitrogen and oxygen atoms in total. The molecular formula is C19H21NO. The van der Waals surface area contributed by atoms with E-state index in [-0.39, 0.29) is 11.3 Å². The summed E-state index contributed by atoms with van der Waals surface area (Å²) in [6.45, 7) is 7.92. The van der Waals surface area contributed by atoms with Crippen LogP contribution in [-0.4, -0.2) is 10.8 Å². The second-order valence-corrected chi connectivity index (χ2v) is 6.77. The van der Waals surface area contributed by atoms with Crippen LogP contribution in [-0.2, 0) is 18.5 Å². The summed E-state index contributed by atoms with van der Waals surface area (Å²) in [5.41, 5.74) is 4.48. The molecule has 3 rings (SSSR count). The molecule has 108 valence electrons. The Morgan fingerprint density at radius 2 is 1.76 bits per heavy atom. The summed E-state index contributed by atoms with van der Waals surface area (Å²) in [4.78, 5) is 14.5. The van der Waals surface area contributed by atoms with Gasteiger partial charge in [-0.15, -0.1) is 0 Å². The predicted octanol–water partition coefficient (Wildman–Crippen LogP) is 4.14. The molecule has 0 bridgehead atoms. The molecule has 0 atom stereocenters. The van der Waals surface area contributed by atoms with Crippen molar-refractivity contribution in [1.29, 1.82) is 0 Å². The van der Waals surface area contributed by atoms with Crippen LogP contribution in [0.2, 0.25) is 0 Å². The summed E-state index contributed by atoms with van der Waals surface area (Å²) in [7, 11) is 0. The molecule has 0 aliphatic carbocycles. The van der Waals surface area contributed by atoms with Gasteiger partial charge in [0.25, 0.3) is 5.91 Å². The fourth-order valence-corrected chi connectivity index (χ4v) is 2.76. The van der Waals surface area contributed by atoms with E-state index >= 15 is 0 Å². The first-order chi connectivity index (χ1) is 9.95. The number of fused-ring (bicyclic) bond motifs is 1. The van der Waals surface area contributed by atoms with Gasteiger partial charge in [0.15, 0.2) is 0 Å². The smallest absolute Gasteiger partial charge is 0.254 e. The van der Waals surface area contributed by atoms with Gasteiger partial charge >= 0.3 is 0 Å². The lowest BCUT2D eigenvalue weighted by Crippen LogP contribution is -2.23. The van der Waals surface area contributed by atoms with Crippen LogP contribution in [0, 0.1) is 0 Å².